The number of carbonyl (C=O) groups excluding carboxylic acids is 1. The van der Waals surface area contributed by atoms with Gasteiger partial charge in [0, 0.05) is 24.8 Å². The molecule has 1 aromatic rings. The summed E-state index contributed by atoms with van der Waals surface area (Å²) in [7, 11) is 0. The summed E-state index contributed by atoms with van der Waals surface area (Å²) in [4.78, 5) is 11.8. The topological polar surface area (TPSA) is 87.4 Å². The van der Waals surface area contributed by atoms with Gasteiger partial charge >= 0.3 is 0 Å². The number of amides is 1. The van der Waals surface area contributed by atoms with Crippen LogP contribution >= 0.6 is 0 Å². The summed E-state index contributed by atoms with van der Waals surface area (Å²) in [6.07, 6.45) is 1.59. The van der Waals surface area contributed by atoms with Crippen molar-refractivity contribution in [1.82, 2.24) is 5.32 Å². The Hall–Kier alpha value is -1.75. The number of hydrogen-bond donors (Lipinski definition) is 4. The van der Waals surface area contributed by atoms with Crippen molar-refractivity contribution in [2.75, 3.05) is 24.2 Å². The first-order valence-electron chi connectivity index (χ1n) is 6.63. The zero-order valence-corrected chi connectivity index (χ0v) is 11.6. The molecule has 0 fully saturated rings. The number of nitrogens with two attached hydrogens (primary N) is 1. The molecule has 0 saturated heterocycles. The zero-order valence-electron chi connectivity index (χ0n) is 11.6. The van der Waals surface area contributed by atoms with Gasteiger partial charge < -0.3 is 21.5 Å². The van der Waals surface area contributed by atoms with Crippen molar-refractivity contribution in [2.45, 2.75) is 32.7 Å². The number of benzene rings is 1. The molecule has 1 aromatic carbocycles. The van der Waals surface area contributed by atoms with E-state index in [1.807, 2.05) is 13.8 Å². The SMILES string of the molecule is CCNC(=O)c1ccc(N)c(NC(C)CCCO)c1. The highest BCUT2D eigenvalue weighted by atomic mass is 16.2. The fourth-order valence-corrected chi connectivity index (χ4v) is 1.82. The average molecular weight is 265 g/mol. The predicted octanol–water partition coefficient (Wildman–Crippen LogP) is 1.59. The molecular weight excluding hydrogens is 242 g/mol. The molecule has 0 saturated carbocycles. The normalized spacial score (nSPS) is 11.9. The summed E-state index contributed by atoms with van der Waals surface area (Å²) in [6, 6.07) is 5.39. The third-order valence-electron chi connectivity index (χ3n) is 2.85. The summed E-state index contributed by atoms with van der Waals surface area (Å²) in [6.45, 7) is 4.68. The molecule has 5 N–H and O–H groups in total. The molecule has 0 radical (unpaired) electrons. The van der Waals surface area contributed by atoms with Gasteiger partial charge in [-0.25, -0.2) is 0 Å². The maximum atomic E-state index is 11.8. The lowest BCUT2D eigenvalue weighted by atomic mass is 10.1. The van der Waals surface area contributed by atoms with Crippen LogP contribution in [0.5, 0.6) is 0 Å². The van der Waals surface area contributed by atoms with Crippen molar-refractivity contribution >= 4 is 17.3 Å². The van der Waals surface area contributed by atoms with Crippen molar-refractivity contribution in [3.8, 4) is 0 Å². The molecule has 0 aliphatic carbocycles. The molecule has 106 valence electrons. The molecule has 1 unspecified atom stereocenters. The van der Waals surface area contributed by atoms with Crippen LogP contribution in [0.1, 0.15) is 37.0 Å². The molecule has 1 rings (SSSR count). The Morgan fingerprint density at radius 2 is 2.21 bits per heavy atom. The Bertz CT molecular complexity index is 421. The summed E-state index contributed by atoms with van der Waals surface area (Å²) in [5, 5.41) is 14.8. The molecule has 0 aromatic heterocycles. The van der Waals surface area contributed by atoms with E-state index in [0.717, 1.165) is 18.5 Å². The summed E-state index contributed by atoms with van der Waals surface area (Å²) < 4.78 is 0. The van der Waals surface area contributed by atoms with E-state index in [4.69, 9.17) is 10.8 Å². The molecule has 0 bridgehead atoms. The fraction of sp³-hybridized carbons (Fsp3) is 0.500. The van der Waals surface area contributed by atoms with Crippen LogP contribution in [0.3, 0.4) is 0 Å². The Balaban J connectivity index is 2.76. The van der Waals surface area contributed by atoms with Crippen LogP contribution < -0.4 is 16.4 Å². The van der Waals surface area contributed by atoms with Gasteiger partial charge in [-0.1, -0.05) is 0 Å². The van der Waals surface area contributed by atoms with Crippen LogP contribution in [0.25, 0.3) is 0 Å². The van der Waals surface area contributed by atoms with E-state index in [2.05, 4.69) is 10.6 Å². The number of aliphatic hydroxyl groups excluding tert-OH is 1. The largest absolute Gasteiger partial charge is 0.397 e. The summed E-state index contributed by atoms with van der Waals surface area (Å²) in [5.41, 5.74) is 7.86. The van der Waals surface area contributed by atoms with Crippen molar-refractivity contribution < 1.29 is 9.90 Å². The smallest absolute Gasteiger partial charge is 0.251 e. The maximum absolute atomic E-state index is 11.8. The molecule has 19 heavy (non-hydrogen) atoms. The second kappa shape index (κ2) is 7.63. The maximum Gasteiger partial charge on any atom is 0.251 e. The molecule has 0 heterocycles. The van der Waals surface area contributed by atoms with Gasteiger partial charge in [0.1, 0.15) is 0 Å². The van der Waals surface area contributed by atoms with Gasteiger partial charge in [-0.15, -0.1) is 0 Å². The van der Waals surface area contributed by atoms with E-state index < -0.39 is 0 Å². The van der Waals surface area contributed by atoms with Gasteiger partial charge in [-0.3, -0.25) is 4.79 Å². The monoisotopic (exact) mass is 265 g/mol. The van der Waals surface area contributed by atoms with Crippen molar-refractivity contribution in [2.24, 2.45) is 0 Å². The minimum atomic E-state index is -0.103. The number of aliphatic hydroxyl groups is 1. The first kappa shape index (κ1) is 15.3. The molecule has 1 amide bonds. The Morgan fingerprint density at radius 1 is 1.47 bits per heavy atom. The van der Waals surface area contributed by atoms with Crippen molar-refractivity contribution in [3.63, 3.8) is 0 Å². The second-order valence-electron chi connectivity index (χ2n) is 4.57. The van der Waals surface area contributed by atoms with E-state index in [-0.39, 0.29) is 18.6 Å². The Labute approximate surface area is 114 Å². The molecule has 5 heteroatoms. The second-order valence-corrected chi connectivity index (χ2v) is 4.57. The van der Waals surface area contributed by atoms with Crippen LogP contribution in [-0.2, 0) is 0 Å². The molecule has 0 aliphatic heterocycles. The number of carbonyl (C=O) groups is 1. The Morgan fingerprint density at radius 3 is 2.84 bits per heavy atom. The van der Waals surface area contributed by atoms with Gasteiger partial charge in [0.05, 0.1) is 11.4 Å². The molecule has 0 aliphatic rings. The molecule has 5 nitrogen and oxygen atoms in total. The lowest BCUT2D eigenvalue weighted by Crippen LogP contribution is -2.23. The average Bonchev–Trinajstić information content (AvgIpc) is 2.39. The van der Waals surface area contributed by atoms with E-state index in [1.54, 1.807) is 18.2 Å². The number of nitrogens with one attached hydrogen (secondary N) is 2. The lowest BCUT2D eigenvalue weighted by Gasteiger charge is -2.17. The van der Waals surface area contributed by atoms with E-state index in [9.17, 15) is 4.79 Å². The van der Waals surface area contributed by atoms with Gasteiger partial charge in [0.25, 0.3) is 5.91 Å². The standard InChI is InChI=1S/C14H23N3O2/c1-3-16-14(19)11-6-7-12(15)13(9-11)17-10(2)5-4-8-18/h6-7,9-10,17-18H,3-5,8,15H2,1-2H3,(H,16,19). The zero-order chi connectivity index (χ0) is 14.3. The number of anilines is 2. The predicted molar refractivity (Wildman–Crippen MR) is 78.3 cm³/mol. The van der Waals surface area contributed by atoms with Crippen LogP contribution in [0.15, 0.2) is 18.2 Å². The highest BCUT2D eigenvalue weighted by molar-refractivity contribution is 5.96. The summed E-state index contributed by atoms with van der Waals surface area (Å²) in [5.74, 6) is -0.103. The quantitative estimate of drug-likeness (QED) is 0.564. The lowest BCUT2D eigenvalue weighted by molar-refractivity contribution is 0.0956. The first-order chi connectivity index (χ1) is 9.08. The van der Waals surface area contributed by atoms with Gasteiger partial charge in [0.2, 0.25) is 0 Å². The van der Waals surface area contributed by atoms with E-state index in [1.165, 1.54) is 0 Å². The van der Waals surface area contributed by atoms with Crippen LogP contribution in [0.4, 0.5) is 11.4 Å². The van der Waals surface area contributed by atoms with Crippen LogP contribution in [0, 0.1) is 0 Å². The molecule has 1 atom stereocenters. The van der Waals surface area contributed by atoms with Crippen LogP contribution in [-0.4, -0.2) is 30.2 Å². The first-order valence-corrected chi connectivity index (χ1v) is 6.63. The third-order valence-corrected chi connectivity index (χ3v) is 2.85. The van der Waals surface area contributed by atoms with Crippen LogP contribution in [0.2, 0.25) is 0 Å². The number of hydrogen-bond acceptors (Lipinski definition) is 4. The summed E-state index contributed by atoms with van der Waals surface area (Å²) >= 11 is 0. The number of rotatable bonds is 7. The third kappa shape index (κ3) is 4.79. The fourth-order valence-electron chi connectivity index (χ4n) is 1.82. The van der Waals surface area contributed by atoms with E-state index in [0.29, 0.717) is 17.8 Å². The number of nitrogen functional groups attached to an aromatic ring is 1. The van der Waals surface area contributed by atoms with Gasteiger partial charge in [-0.05, 0) is 44.9 Å². The minimum absolute atomic E-state index is 0.103. The van der Waals surface area contributed by atoms with E-state index >= 15 is 0 Å². The van der Waals surface area contributed by atoms with Gasteiger partial charge in [0.15, 0.2) is 0 Å². The van der Waals surface area contributed by atoms with Gasteiger partial charge in [-0.2, -0.15) is 0 Å². The highest BCUT2D eigenvalue weighted by Crippen LogP contribution is 2.21. The molecular formula is C14H23N3O2. The Kier molecular flexibility index (Phi) is 6.15. The van der Waals surface area contributed by atoms with Crippen molar-refractivity contribution in [3.05, 3.63) is 23.8 Å². The highest BCUT2D eigenvalue weighted by Gasteiger charge is 2.09. The van der Waals surface area contributed by atoms with Crippen molar-refractivity contribution in [1.29, 1.82) is 0 Å². The minimum Gasteiger partial charge on any atom is -0.397 e. The molecule has 0 spiro atoms.